The van der Waals surface area contributed by atoms with Crippen LogP contribution in [0.1, 0.15) is 22.3 Å². The van der Waals surface area contributed by atoms with E-state index in [2.05, 4.69) is 0 Å². The molecule has 7 heteroatoms. The van der Waals surface area contributed by atoms with Gasteiger partial charge in [-0.15, -0.1) is 0 Å². The van der Waals surface area contributed by atoms with Gasteiger partial charge in [0.2, 0.25) is 0 Å². The highest BCUT2D eigenvalue weighted by atomic mass is 32.2. The van der Waals surface area contributed by atoms with Gasteiger partial charge in [0.25, 0.3) is 0 Å². The second-order valence-electron chi connectivity index (χ2n) is 5.56. The van der Waals surface area contributed by atoms with E-state index in [-0.39, 0.29) is 18.2 Å². The number of benzene rings is 2. The lowest BCUT2D eigenvalue weighted by Crippen LogP contribution is -2.09. The molecule has 0 atom stereocenters. The van der Waals surface area contributed by atoms with Gasteiger partial charge in [-0.25, -0.2) is 17.6 Å². The van der Waals surface area contributed by atoms with Crippen LogP contribution < -0.4 is 4.74 Å². The molecule has 0 radical (unpaired) electrons. The number of esters is 1. The molecule has 25 heavy (non-hydrogen) atoms. The first-order valence-corrected chi connectivity index (χ1v) is 9.72. The summed E-state index contributed by atoms with van der Waals surface area (Å²) in [5.74, 6) is -0.325. The fourth-order valence-electron chi connectivity index (χ4n) is 2.07. The van der Waals surface area contributed by atoms with Crippen LogP contribution in [-0.2, 0) is 20.3 Å². The van der Waals surface area contributed by atoms with E-state index in [1.165, 1.54) is 36.4 Å². The molecule has 0 spiro atoms. The quantitative estimate of drug-likeness (QED) is 0.531. The van der Waals surface area contributed by atoms with Gasteiger partial charge in [-0.05, 0) is 42.0 Å². The molecule has 0 fully saturated rings. The Labute approximate surface area is 146 Å². The maximum atomic E-state index is 12.7. The van der Waals surface area contributed by atoms with Crippen LogP contribution in [0.4, 0.5) is 4.39 Å². The third-order valence-corrected chi connectivity index (χ3v) is 4.08. The Bertz CT molecular complexity index is 798. The molecule has 0 aliphatic rings. The molecule has 2 rings (SSSR count). The summed E-state index contributed by atoms with van der Waals surface area (Å²) in [6.45, 7) is 0.525. The zero-order valence-corrected chi connectivity index (χ0v) is 14.6. The van der Waals surface area contributed by atoms with E-state index in [0.29, 0.717) is 29.9 Å². The summed E-state index contributed by atoms with van der Waals surface area (Å²) in [6, 6.07) is 11.9. The Hall–Kier alpha value is -2.41. The van der Waals surface area contributed by atoms with E-state index in [0.717, 1.165) is 6.26 Å². The van der Waals surface area contributed by atoms with E-state index in [9.17, 15) is 17.6 Å². The van der Waals surface area contributed by atoms with Gasteiger partial charge in [0, 0.05) is 12.7 Å². The molecule has 134 valence electrons. The second-order valence-corrected chi connectivity index (χ2v) is 7.70. The molecule has 2 aromatic carbocycles. The number of carbonyl (C=O) groups excluding carboxylic acids is 1. The highest BCUT2D eigenvalue weighted by Gasteiger charge is 2.09. The minimum atomic E-state index is -3.11. The number of ether oxygens (including phenoxy) is 2. The number of carbonyl (C=O) groups is 1. The Morgan fingerprint density at radius 3 is 2.24 bits per heavy atom. The molecular weight excluding hydrogens is 347 g/mol. The molecule has 2 aromatic rings. The van der Waals surface area contributed by atoms with E-state index in [1.807, 2.05) is 0 Å². The summed E-state index contributed by atoms with van der Waals surface area (Å²) in [5, 5.41) is 0. The summed E-state index contributed by atoms with van der Waals surface area (Å²) in [6.07, 6.45) is 1.65. The fraction of sp³-hybridized carbons (Fsp3) is 0.278. The molecule has 0 aromatic heterocycles. The van der Waals surface area contributed by atoms with E-state index >= 15 is 0 Å². The second kappa shape index (κ2) is 8.62. The van der Waals surface area contributed by atoms with Crippen molar-refractivity contribution in [2.45, 2.75) is 12.2 Å². The average molecular weight is 366 g/mol. The van der Waals surface area contributed by atoms with Gasteiger partial charge in [-0.2, -0.15) is 0 Å². The SMILES string of the molecule is CS(=O)(=O)Cc1ccc(C(=O)OCCCOc2ccc(F)cc2)cc1. The number of sulfone groups is 1. The molecule has 0 aliphatic carbocycles. The van der Waals surface area contributed by atoms with Crippen LogP contribution >= 0.6 is 0 Å². The van der Waals surface area contributed by atoms with Crippen LogP contribution in [0.25, 0.3) is 0 Å². The number of rotatable bonds is 8. The summed E-state index contributed by atoms with van der Waals surface area (Å²) in [7, 11) is -3.11. The predicted octanol–water partition coefficient (Wildman–Crippen LogP) is 3.00. The summed E-state index contributed by atoms with van der Waals surface area (Å²) in [5.41, 5.74) is 0.975. The van der Waals surface area contributed by atoms with Gasteiger partial charge in [0.05, 0.1) is 24.5 Å². The minimum absolute atomic E-state index is 0.0664. The van der Waals surface area contributed by atoms with Crippen molar-refractivity contribution >= 4 is 15.8 Å². The van der Waals surface area contributed by atoms with Crippen LogP contribution in [-0.4, -0.2) is 33.9 Å². The van der Waals surface area contributed by atoms with Gasteiger partial charge in [-0.1, -0.05) is 12.1 Å². The molecule has 0 aliphatic heterocycles. The third-order valence-electron chi connectivity index (χ3n) is 3.22. The first kappa shape index (κ1) is 18.9. The molecule has 5 nitrogen and oxygen atoms in total. The highest BCUT2D eigenvalue weighted by Crippen LogP contribution is 2.12. The standard InChI is InChI=1S/C18H19FO5S/c1-25(21,22)13-14-3-5-15(6-4-14)18(20)24-12-2-11-23-17-9-7-16(19)8-10-17/h3-10H,2,11-13H2,1H3. The average Bonchev–Trinajstić information content (AvgIpc) is 2.55. The molecular formula is C18H19FO5S. The monoisotopic (exact) mass is 366 g/mol. The van der Waals surface area contributed by atoms with Crippen LogP contribution in [0, 0.1) is 5.82 Å². The zero-order chi connectivity index (χ0) is 18.3. The van der Waals surface area contributed by atoms with E-state index in [4.69, 9.17) is 9.47 Å². The van der Waals surface area contributed by atoms with Crippen LogP contribution in [0.3, 0.4) is 0 Å². The maximum Gasteiger partial charge on any atom is 0.338 e. The van der Waals surface area contributed by atoms with Crippen molar-refractivity contribution in [2.75, 3.05) is 19.5 Å². The summed E-state index contributed by atoms with van der Waals surface area (Å²) < 4.78 is 45.7. The lowest BCUT2D eigenvalue weighted by molar-refractivity contribution is 0.0486. The fourth-order valence-corrected chi connectivity index (χ4v) is 2.87. The number of hydrogen-bond acceptors (Lipinski definition) is 5. The van der Waals surface area contributed by atoms with Gasteiger partial charge < -0.3 is 9.47 Å². The summed E-state index contributed by atoms with van der Waals surface area (Å²) >= 11 is 0. The van der Waals surface area contributed by atoms with Crippen molar-refractivity contribution < 1.29 is 27.1 Å². The lowest BCUT2D eigenvalue weighted by Gasteiger charge is -2.07. The van der Waals surface area contributed by atoms with E-state index < -0.39 is 15.8 Å². The Morgan fingerprint density at radius 2 is 1.64 bits per heavy atom. The predicted molar refractivity (Wildman–Crippen MR) is 91.8 cm³/mol. The van der Waals surface area contributed by atoms with Crippen molar-refractivity contribution in [3.8, 4) is 5.75 Å². The van der Waals surface area contributed by atoms with Crippen LogP contribution in [0.5, 0.6) is 5.75 Å². The molecule has 0 amide bonds. The topological polar surface area (TPSA) is 69.7 Å². The van der Waals surface area contributed by atoms with Crippen molar-refractivity contribution in [3.05, 3.63) is 65.5 Å². The van der Waals surface area contributed by atoms with Gasteiger partial charge in [0.1, 0.15) is 11.6 Å². The lowest BCUT2D eigenvalue weighted by atomic mass is 10.1. The third kappa shape index (κ3) is 6.93. The van der Waals surface area contributed by atoms with Crippen molar-refractivity contribution in [1.82, 2.24) is 0 Å². The normalized spacial score (nSPS) is 11.1. The van der Waals surface area contributed by atoms with Gasteiger partial charge >= 0.3 is 5.97 Å². The van der Waals surface area contributed by atoms with Crippen LogP contribution in [0.2, 0.25) is 0 Å². The first-order valence-electron chi connectivity index (χ1n) is 7.66. The van der Waals surface area contributed by atoms with Crippen LogP contribution in [0.15, 0.2) is 48.5 Å². The Kier molecular flexibility index (Phi) is 6.52. The zero-order valence-electron chi connectivity index (χ0n) is 13.8. The first-order chi connectivity index (χ1) is 11.8. The van der Waals surface area contributed by atoms with Crippen molar-refractivity contribution in [1.29, 1.82) is 0 Å². The number of halogens is 1. The van der Waals surface area contributed by atoms with Crippen molar-refractivity contribution in [3.63, 3.8) is 0 Å². The van der Waals surface area contributed by atoms with Gasteiger partial charge in [-0.3, -0.25) is 0 Å². The largest absolute Gasteiger partial charge is 0.493 e. The van der Waals surface area contributed by atoms with Crippen molar-refractivity contribution in [2.24, 2.45) is 0 Å². The highest BCUT2D eigenvalue weighted by molar-refractivity contribution is 7.89. The molecule has 0 saturated carbocycles. The summed E-state index contributed by atoms with van der Waals surface area (Å²) in [4.78, 5) is 11.9. The number of hydrogen-bond donors (Lipinski definition) is 0. The van der Waals surface area contributed by atoms with Gasteiger partial charge in [0.15, 0.2) is 9.84 Å². The Morgan fingerprint density at radius 1 is 1.00 bits per heavy atom. The molecule has 0 bridgehead atoms. The Balaban J connectivity index is 1.72. The maximum absolute atomic E-state index is 12.7. The molecule has 0 heterocycles. The minimum Gasteiger partial charge on any atom is -0.493 e. The molecule has 0 saturated heterocycles. The molecule has 0 N–H and O–H groups in total. The smallest absolute Gasteiger partial charge is 0.338 e. The molecule has 0 unspecified atom stereocenters. The van der Waals surface area contributed by atoms with E-state index in [1.54, 1.807) is 12.1 Å².